The fourth-order valence-electron chi connectivity index (χ4n) is 2.65. The first kappa shape index (κ1) is 15.3. The van der Waals surface area contributed by atoms with Gasteiger partial charge < -0.3 is 10.3 Å². The minimum Gasteiger partial charge on any atom is -0.342 e. The first-order valence-corrected chi connectivity index (χ1v) is 7.99. The third-order valence-corrected chi connectivity index (χ3v) is 4.24. The van der Waals surface area contributed by atoms with Crippen molar-refractivity contribution in [3.63, 3.8) is 0 Å². The summed E-state index contributed by atoms with van der Waals surface area (Å²) in [6.45, 7) is 4.25. The number of carbonyl (C=O) groups excluding carboxylic acids is 1. The van der Waals surface area contributed by atoms with Crippen LogP contribution < -0.4 is 5.32 Å². The Hall–Kier alpha value is -2.62. The molecule has 3 rings (SSSR count). The summed E-state index contributed by atoms with van der Waals surface area (Å²) in [5.41, 5.74) is 2.58. The Morgan fingerprint density at radius 2 is 1.83 bits per heavy atom. The molecule has 0 saturated heterocycles. The largest absolute Gasteiger partial charge is 0.342 e. The second-order valence-electron chi connectivity index (χ2n) is 5.84. The van der Waals surface area contributed by atoms with Crippen LogP contribution in [0.25, 0.3) is 11.0 Å². The number of nitrogens with zero attached hydrogens (tertiary/aromatic N) is 1. The summed E-state index contributed by atoms with van der Waals surface area (Å²) in [6.07, 6.45) is 0.955. The van der Waals surface area contributed by atoms with Crippen molar-refractivity contribution < 1.29 is 4.79 Å². The predicted molar refractivity (Wildman–Crippen MR) is 92.2 cm³/mol. The van der Waals surface area contributed by atoms with Gasteiger partial charge in [0.05, 0.1) is 17.1 Å². The molecule has 0 saturated carbocycles. The summed E-state index contributed by atoms with van der Waals surface area (Å²) >= 11 is 0. The lowest BCUT2D eigenvalue weighted by atomic mass is 9.98. The van der Waals surface area contributed by atoms with Crippen molar-refractivity contribution in [2.75, 3.05) is 0 Å². The molecule has 1 amide bonds. The van der Waals surface area contributed by atoms with E-state index in [2.05, 4.69) is 29.1 Å². The molecule has 3 aromatic rings. The van der Waals surface area contributed by atoms with Gasteiger partial charge in [-0.15, -0.1) is 0 Å². The van der Waals surface area contributed by atoms with Gasteiger partial charge in [-0.25, -0.2) is 4.98 Å². The van der Waals surface area contributed by atoms with Crippen LogP contribution in [-0.2, 0) is 0 Å². The molecule has 0 spiro atoms. The number of carbonyl (C=O) groups is 1. The Morgan fingerprint density at radius 1 is 1.13 bits per heavy atom. The van der Waals surface area contributed by atoms with Crippen LogP contribution in [0.2, 0.25) is 0 Å². The molecule has 0 fully saturated rings. The van der Waals surface area contributed by atoms with E-state index in [9.17, 15) is 4.79 Å². The minimum absolute atomic E-state index is 0.0728. The van der Waals surface area contributed by atoms with Gasteiger partial charge in [0, 0.05) is 5.56 Å². The molecule has 2 N–H and O–H groups in total. The molecule has 0 radical (unpaired) electrons. The molecular formula is C19H21N3O. The van der Waals surface area contributed by atoms with Gasteiger partial charge in [-0.05, 0) is 30.2 Å². The van der Waals surface area contributed by atoms with Crippen molar-refractivity contribution in [1.29, 1.82) is 0 Å². The van der Waals surface area contributed by atoms with E-state index in [0.717, 1.165) is 23.3 Å². The van der Waals surface area contributed by atoms with Crippen LogP contribution >= 0.6 is 0 Å². The second kappa shape index (κ2) is 6.65. The highest BCUT2D eigenvalue weighted by Crippen LogP contribution is 2.25. The predicted octanol–water partition coefficient (Wildman–Crippen LogP) is 4.08. The molecule has 0 unspecified atom stereocenters. The molecule has 4 nitrogen and oxygen atoms in total. The highest BCUT2D eigenvalue weighted by atomic mass is 16.1. The second-order valence-corrected chi connectivity index (χ2v) is 5.84. The molecule has 0 bridgehead atoms. The molecule has 2 aromatic carbocycles. The van der Waals surface area contributed by atoms with Gasteiger partial charge in [-0.2, -0.15) is 0 Å². The number of para-hydroxylation sites is 2. The van der Waals surface area contributed by atoms with E-state index in [1.165, 1.54) is 0 Å². The number of amides is 1. The van der Waals surface area contributed by atoms with Gasteiger partial charge >= 0.3 is 0 Å². The molecule has 23 heavy (non-hydrogen) atoms. The molecule has 0 aliphatic rings. The van der Waals surface area contributed by atoms with Crippen molar-refractivity contribution in [2.24, 2.45) is 5.92 Å². The lowest BCUT2D eigenvalue weighted by Crippen LogP contribution is -2.33. The fraction of sp³-hybridized carbons (Fsp3) is 0.263. The van der Waals surface area contributed by atoms with E-state index in [4.69, 9.17) is 0 Å². The summed E-state index contributed by atoms with van der Waals surface area (Å²) in [4.78, 5) is 20.5. The summed E-state index contributed by atoms with van der Waals surface area (Å²) in [7, 11) is 0. The maximum Gasteiger partial charge on any atom is 0.251 e. The van der Waals surface area contributed by atoms with Crippen LogP contribution in [0.5, 0.6) is 0 Å². The standard InChI is InChI=1S/C19H21N3O/c1-3-13(2)17(22-19(23)14-9-5-4-6-10-14)18-20-15-11-7-8-12-16(15)21-18/h4-13,17H,3H2,1-2H3,(H,20,21)(H,22,23)/t13-,17-/m0/s1. The van der Waals surface area contributed by atoms with Crippen LogP contribution in [0, 0.1) is 5.92 Å². The smallest absolute Gasteiger partial charge is 0.251 e. The molecule has 118 valence electrons. The zero-order chi connectivity index (χ0) is 16.2. The number of H-pyrrole nitrogens is 1. The monoisotopic (exact) mass is 307 g/mol. The number of imidazole rings is 1. The summed E-state index contributed by atoms with van der Waals surface area (Å²) in [6, 6.07) is 17.1. The maximum atomic E-state index is 12.5. The van der Waals surface area contributed by atoms with E-state index in [1.54, 1.807) is 0 Å². The van der Waals surface area contributed by atoms with Crippen LogP contribution in [-0.4, -0.2) is 15.9 Å². The number of rotatable bonds is 5. The summed E-state index contributed by atoms with van der Waals surface area (Å²) < 4.78 is 0. The number of nitrogens with one attached hydrogen (secondary N) is 2. The molecule has 0 aliphatic heterocycles. The first-order valence-electron chi connectivity index (χ1n) is 7.99. The number of benzene rings is 2. The Morgan fingerprint density at radius 3 is 2.52 bits per heavy atom. The van der Waals surface area contributed by atoms with Gasteiger partial charge in [-0.3, -0.25) is 4.79 Å². The fourth-order valence-corrected chi connectivity index (χ4v) is 2.65. The normalized spacial score (nSPS) is 13.7. The number of hydrogen-bond acceptors (Lipinski definition) is 2. The minimum atomic E-state index is -0.139. The van der Waals surface area contributed by atoms with E-state index in [0.29, 0.717) is 5.56 Å². The maximum absolute atomic E-state index is 12.5. The van der Waals surface area contributed by atoms with Gasteiger partial charge in [0.15, 0.2) is 0 Å². The quantitative estimate of drug-likeness (QED) is 0.746. The summed E-state index contributed by atoms with van der Waals surface area (Å²) in [5.74, 6) is 1.02. The average Bonchev–Trinajstić information content (AvgIpc) is 3.03. The Kier molecular flexibility index (Phi) is 4.42. The number of aromatic amines is 1. The van der Waals surface area contributed by atoms with Crippen LogP contribution in [0.4, 0.5) is 0 Å². The van der Waals surface area contributed by atoms with E-state index >= 15 is 0 Å². The molecule has 0 aliphatic carbocycles. The van der Waals surface area contributed by atoms with E-state index in [1.807, 2.05) is 54.6 Å². The molecular weight excluding hydrogens is 286 g/mol. The van der Waals surface area contributed by atoms with E-state index < -0.39 is 0 Å². The highest BCUT2D eigenvalue weighted by molar-refractivity contribution is 5.94. The zero-order valence-electron chi connectivity index (χ0n) is 13.4. The van der Waals surface area contributed by atoms with Gasteiger partial charge in [-0.1, -0.05) is 50.6 Å². The SMILES string of the molecule is CC[C@H](C)[C@H](NC(=O)c1ccccc1)c1nc2ccccc2[nH]1. The third kappa shape index (κ3) is 3.26. The highest BCUT2D eigenvalue weighted by Gasteiger charge is 2.24. The molecule has 1 heterocycles. The van der Waals surface area contributed by atoms with Gasteiger partial charge in [0.1, 0.15) is 5.82 Å². The Labute approximate surface area is 136 Å². The lowest BCUT2D eigenvalue weighted by Gasteiger charge is -2.22. The van der Waals surface area contributed by atoms with Crippen molar-refractivity contribution in [3.8, 4) is 0 Å². The molecule has 1 aromatic heterocycles. The van der Waals surface area contributed by atoms with Crippen molar-refractivity contribution >= 4 is 16.9 Å². The van der Waals surface area contributed by atoms with Crippen LogP contribution in [0.15, 0.2) is 54.6 Å². The number of hydrogen-bond donors (Lipinski definition) is 2. The van der Waals surface area contributed by atoms with Crippen molar-refractivity contribution in [1.82, 2.24) is 15.3 Å². The number of fused-ring (bicyclic) bond motifs is 1. The van der Waals surface area contributed by atoms with E-state index in [-0.39, 0.29) is 17.9 Å². The molecule has 4 heteroatoms. The summed E-state index contributed by atoms with van der Waals surface area (Å²) in [5, 5.41) is 3.13. The topological polar surface area (TPSA) is 57.8 Å². The Bertz CT molecular complexity index is 761. The van der Waals surface area contributed by atoms with Crippen molar-refractivity contribution in [2.45, 2.75) is 26.3 Å². The van der Waals surface area contributed by atoms with Crippen LogP contribution in [0.1, 0.15) is 42.5 Å². The van der Waals surface area contributed by atoms with Crippen molar-refractivity contribution in [3.05, 3.63) is 66.0 Å². The third-order valence-electron chi connectivity index (χ3n) is 4.24. The van der Waals surface area contributed by atoms with Crippen LogP contribution in [0.3, 0.4) is 0 Å². The molecule has 2 atom stereocenters. The van der Waals surface area contributed by atoms with Gasteiger partial charge in [0.2, 0.25) is 0 Å². The van der Waals surface area contributed by atoms with Gasteiger partial charge in [0.25, 0.3) is 5.91 Å². The zero-order valence-corrected chi connectivity index (χ0v) is 13.4. The average molecular weight is 307 g/mol. The lowest BCUT2D eigenvalue weighted by molar-refractivity contribution is 0.0920. The number of aromatic nitrogens is 2. The Balaban J connectivity index is 1.90. The first-order chi connectivity index (χ1) is 11.2.